The van der Waals surface area contributed by atoms with Gasteiger partial charge in [-0.25, -0.2) is 4.98 Å². The largest absolute Gasteiger partial charge is 0.497 e. The molecule has 24 heavy (non-hydrogen) atoms. The molecular formula is C17H15N5O2. The van der Waals surface area contributed by atoms with Gasteiger partial charge in [-0.2, -0.15) is 0 Å². The van der Waals surface area contributed by atoms with E-state index < -0.39 is 0 Å². The monoisotopic (exact) mass is 321 g/mol. The summed E-state index contributed by atoms with van der Waals surface area (Å²) < 4.78 is 10.8. The van der Waals surface area contributed by atoms with Crippen LogP contribution >= 0.6 is 0 Å². The second kappa shape index (κ2) is 6.04. The van der Waals surface area contributed by atoms with Gasteiger partial charge in [-0.15, -0.1) is 5.10 Å². The van der Waals surface area contributed by atoms with Gasteiger partial charge in [-0.1, -0.05) is 17.2 Å². The van der Waals surface area contributed by atoms with Crippen molar-refractivity contribution in [3.63, 3.8) is 0 Å². The number of benzene rings is 1. The molecule has 120 valence electrons. The summed E-state index contributed by atoms with van der Waals surface area (Å²) in [6.07, 6.45) is 3.55. The number of methoxy groups -OCH3 is 1. The van der Waals surface area contributed by atoms with Crippen LogP contribution in [0, 0.1) is 0 Å². The van der Waals surface area contributed by atoms with Crippen LogP contribution in [0.25, 0.3) is 22.5 Å². The fourth-order valence-corrected chi connectivity index (χ4v) is 2.46. The number of aromatic nitrogens is 4. The van der Waals surface area contributed by atoms with Gasteiger partial charge in [0, 0.05) is 24.3 Å². The molecule has 0 aliphatic heterocycles. The topological polar surface area (TPSA) is 88.9 Å². The number of anilines is 1. The molecule has 3 heterocycles. The molecule has 0 unspecified atom stereocenters. The summed E-state index contributed by atoms with van der Waals surface area (Å²) in [5.41, 5.74) is 2.72. The fraction of sp³-hybridized carbons (Fsp3) is 0.118. The van der Waals surface area contributed by atoms with Crippen molar-refractivity contribution in [2.45, 2.75) is 6.54 Å². The van der Waals surface area contributed by atoms with Gasteiger partial charge in [0.25, 0.3) is 5.89 Å². The number of rotatable bonds is 5. The Morgan fingerprint density at radius 2 is 2.04 bits per heavy atom. The highest BCUT2D eigenvalue weighted by Gasteiger charge is 2.13. The van der Waals surface area contributed by atoms with Gasteiger partial charge in [0.15, 0.2) is 0 Å². The first kappa shape index (κ1) is 14.3. The lowest BCUT2D eigenvalue weighted by atomic mass is 10.2. The second-order valence-electron chi connectivity index (χ2n) is 5.22. The molecule has 7 heteroatoms. The van der Waals surface area contributed by atoms with E-state index in [-0.39, 0.29) is 0 Å². The lowest BCUT2D eigenvalue weighted by molar-refractivity contribution is 0.414. The number of ether oxygens (including phenoxy) is 1. The Morgan fingerprint density at radius 1 is 1.17 bits per heavy atom. The lowest BCUT2D eigenvalue weighted by Gasteiger charge is -2.03. The Bertz CT molecular complexity index is 958. The van der Waals surface area contributed by atoms with Crippen molar-refractivity contribution in [1.29, 1.82) is 0 Å². The Hall–Kier alpha value is -3.35. The summed E-state index contributed by atoms with van der Waals surface area (Å²) in [7, 11) is 1.65. The third-order valence-electron chi connectivity index (χ3n) is 3.71. The Kier molecular flexibility index (Phi) is 3.59. The minimum Gasteiger partial charge on any atom is -0.497 e. The Balaban J connectivity index is 1.50. The lowest BCUT2D eigenvalue weighted by Crippen LogP contribution is -1.99. The Labute approximate surface area is 137 Å². The van der Waals surface area contributed by atoms with E-state index in [9.17, 15) is 0 Å². The molecule has 0 aliphatic rings. The van der Waals surface area contributed by atoms with Gasteiger partial charge in [-0.3, -0.25) is 0 Å². The first-order valence-corrected chi connectivity index (χ1v) is 7.46. The predicted octanol–water partition coefficient (Wildman–Crippen LogP) is 3.23. The number of H-pyrrole nitrogens is 1. The average Bonchev–Trinajstić information content (AvgIpc) is 3.27. The number of hydrogen-bond acceptors (Lipinski definition) is 6. The first-order valence-electron chi connectivity index (χ1n) is 7.46. The molecule has 3 aromatic heterocycles. The average molecular weight is 321 g/mol. The van der Waals surface area contributed by atoms with Gasteiger partial charge >= 0.3 is 6.01 Å². The van der Waals surface area contributed by atoms with Crippen LogP contribution in [0.4, 0.5) is 6.01 Å². The second-order valence-corrected chi connectivity index (χ2v) is 5.22. The molecule has 0 bridgehead atoms. The van der Waals surface area contributed by atoms with Gasteiger partial charge in [0.1, 0.15) is 11.4 Å². The van der Waals surface area contributed by atoms with Crippen LogP contribution in [0.5, 0.6) is 5.75 Å². The molecule has 0 saturated carbocycles. The van der Waals surface area contributed by atoms with Crippen LogP contribution in [-0.2, 0) is 6.54 Å². The van der Waals surface area contributed by atoms with Gasteiger partial charge in [-0.05, 0) is 29.8 Å². The quantitative estimate of drug-likeness (QED) is 0.586. The van der Waals surface area contributed by atoms with Crippen molar-refractivity contribution >= 4 is 17.0 Å². The molecule has 0 aliphatic carbocycles. The maximum atomic E-state index is 5.70. The number of nitrogens with zero attached hydrogens (tertiary/aromatic N) is 3. The van der Waals surface area contributed by atoms with Crippen molar-refractivity contribution in [1.82, 2.24) is 20.2 Å². The first-order chi connectivity index (χ1) is 11.8. The molecule has 0 saturated heterocycles. The van der Waals surface area contributed by atoms with E-state index in [2.05, 4.69) is 25.5 Å². The highest BCUT2D eigenvalue weighted by atomic mass is 16.5. The molecule has 4 rings (SSSR count). The van der Waals surface area contributed by atoms with Crippen LogP contribution in [0.1, 0.15) is 5.56 Å². The smallest absolute Gasteiger partial charge is 0.316 e. The molecular weight excluding hydrogens is 306 g/mol. The third-order valence-corrected chi connectivity index (χ3v) is 3.71. The number of pyridine rings is 1. The van der Waals surface area contributed by atoms with Crippen molar-refractivity contribution in [3.8, 4) is 17.2 Å². The van der Waals surface area contributed by atoms with Crippen molar-refractivity contribution in [2.75, 3.05) is 12.4 Å². The molecule has 1 aromatic carbocycles. The number of aromatic amines is 1. The number of hydrogen-bond donors (Lipinski definition) is 2. The normalized spacial score (nSPS) is 10.9. The zero-order valence-electron chi connectivity index (χ0n) is 13.0. The third kappa shape index (κ3) is 2.67. The minimum absolute atomic E-state index is 0.374. The standard InChI is InChI=1S/C17H15N5O2/c1-23-12-6-4-11(5-7-12)9-20-17-22-21-16(24-17)14-10-19-15-13(14)3-2-8-18-15/h2-8,10H,9H2,1H3,(H,18,19)(H,20,22). The van der Waals surface area contributed by atoms with E-state index in [4.69, 9.17) is 9.15 Å². The number of nitrogens with one attached hydrogen (secondary N) is 2. The van der Waals surface area contributed by atoms with E-state index >= 15 is 0 Å². The molecule has 2 N–H and O–H groups in total. The van der Waals surface area contributed by atoms with Gasteiger partial charge in [0.2, 0.25) is 0 Å². The molecule has 4 aromatic rings. The SMILES string of the molecule is COc1ccc(CNc2nnc(-c3c[nH]c4ncccc34)o2)cc1. The summed E-state index contributed by atoms with van der Waals surface area (Å²) in [5.74, 6) is 1.28. The maximum absolute atomic E-state index is 5.70. The summed E-state index contributed by atoms with van der Waals surface area (Å²) >= 11 is 0. The zero-order chi connectivity index (χ0) is 16.4. The van der Waals surface area contributed by atoms with E-state index in [1.807, 2.05) is 42.6 Å². The molecule has 0 radical (unpaired) electrons. The molecule has 0 fully saturated rings. The van der Waals surface area contributed by atoms with Crippen LogP contribution in [-0.4, -0.2) is 27.3 Å². The van der Waals surface area contributed by atoms with Crippen LogP contribution in [0.2, 0.25) is 0 Å². The van der Waals surface area contributed by atoms with Crippen molar-refractivity contribution in [3.05, 3.63) is 54.4 Å². The summed E-state index contributed by atoms with van der Waals surface area (Å²) in [6, 6.07) is 12.0. The summed E-state index contributed by atoms with van der Waals surface area (Å²) in [6.45, 7) is 0.584. The van der Waals surface area contributed by atoms with Crippen molar-refractivity contribution in [2.24, 2.45) is 0 Å². The van der Waals surface area contributed by atoms with Crippen LogP contribution in [0.3, 0.4) is 0 Å². The highest BCUT2D eigenvalue weighted by molar-refractivity contribution is 5.90. The van der Waals surface area contributed by atoms with Crippen LogP contribution in [0.15, 0.2) is 53.2 Å². The summed E-state index contributed by atoms with van der Waals surface area (Å²) in [4.78, 5) is 7.35. The predicted molar refractivity (Wildman–Crippen MR) is 89.7 cm³/mol. The van der Waals surface area contributed by atoms with E-state index in [0.717, 1.165) is 27.9 Å². The minimum atomic E-state index is 0.374. The van der Waals surface area contributed by atoms with E-state index in [1.165, 1.54) is 0 Å². The molecule has 0 amide bonds. The zero-order valence-corrected chi connectivity index (χ0v) is 13.0. The van der Waals surface area contributed by atoms with E-state index in [1.54, 1.807) is 13.3 Å². The Morgan fingerprint density at radius 3 is 2.88 bits per heavy atom. The molecule has 7 nitrogen and oxygen atoms in total. The van der Waals surface area contributed by atoms with Gasteiger partial charge in [0.05, 0.1) is 12.7 Å². The molecule has 0 spiro atoms. The fourth-order valence-electron chi connectivity index (χ4n) is 2.46. The van der Waals surface area contributed by atoms with Gasteiger partial charge < -0.3 is 19.5 Å². The van der Waals surface area contributed by atoms with E-state index in [0.29, 0.717) is 18.5 Å². The van der Waals surface area contributed by atoms with Crippen molar-refractivity contribution < 1.29 is 9.15 Å². The van der Waals surface area contributed by atoms with Crippen LogP contribution < -0.4 is 10.1 Å². The molecule has 0 atom stereocenters. The summed E-state index contributed by atoms with van der Waals surface area (Å²) in [5, 5.41) is 12.2. The number of fused-ring (bicyclic) bond motifs is 1. The maximum Gasteiger partial charge on any atom is 0.316 e. The highest BCUT2D eigenvalue weighted by Crippen LogP contribution is 2.27.